The van der Waals surface area contributed by atoms with E-state index < -0.39 is 12.1 Å². The molecule has 2 aromatic carbocycles. The fraction of sp³-hybridized carbons (Fsp3) is 0.250. The number of hydrogen-bond donors (Lipinski definition) is 2. The van der Waals surface area contributed by atoms with Gasteiger partial charge >= 0.3 is 5.97 Å². The first kappa shape index (κ1) is 19.0. The Balaban J connectivity index is 1.59. The lowest BCUT2D eigenvalue weighted by Gasteiger charge is -2.14. The van der Waals surface area contributed by atoms with Crippen molar-refractivity contribution >= 4 is 35.2 Å². The normalized spacial score (nSPS) is 14.3. The Hall–Kier alpha value is -2.80. The van der Waals surface area contributed by atoms with Crippen molar-refractivity contribution in [2.24, 2.45) is 0 Å². The molecule has 6 nitrogen and oxygen atoms in total. The second-order valence-electron chi connectivity index (χ2n) is 6.11. The number of carbonyl (C=O) groups is 3. The van der Waals surface area contributed by atoms with E-state index >= 15 is 0 Å². The number of carbonyl (C=O) groups excluding carboxylic acids is 3. The highest BCUT2D eigenvalue weighted by Crippen LogP contribution is 2.31. The number of esters is 1. The standard InChI is InChI=1S/C20H20N2O4S/c1-13(19(24)21-12-14-5-3-2-4-6-14)26-20(25)15-7-8-17-16(11-15)22-18(23)9-10-27-17/h2-8,11,13H,9-10,12H2,1H3,(H,21,24)(H,22,23)/t13-/m0/s1. The fourth-order valence-corrected chi connectivity index (χ4v) is 3.49. The van der Waals surface area contributed by atoms with E-state index in [1.54, 1.807) is 30.0 Å². The average Bonchev–Trinajstić information content (AvgIpc) is 2.86. The summed E-state index contributed by atoms with van der Waals surface area (Å²) in [6.07, 6.45) is -0.499. The van der Waals surface area contributed by atoms with E-state index in [1.807, 2.05) is 30.3 Å². The highest BCUT2D eigenvalue weighted by molar-refractivity contribution is 7.99. The zero-order valence-corrected chi connectivity index (χ0v) is 15.7. The zero-order chi connectivity index (χ0) is 19.2. The molecule has 1 heterocycles. The van der Waals surface area contributed by atoms with Gasteiger partial charge in [0.15, 0.2) is 6.10 Å². The van der Waals surface area contributed by atoms with E-state index in [-0.39, 0.29) is 11.8 Å². The Bertz CT molecular complexity index is 854. The Labute approximate surface area is 161 Å². The molecule has 27 heavy (non-hydrogen) atoms. The molecule has 1 aliphatic heterocycles. The molecule has 140 valence electrons. The van der Waals surface area contributed by atoms with Crippen LogP contribution in [0.2, 0.25) is 0 Å². The van der Waals surface area contributed by atoms with Crippen LogP contribution >= 0.6 is 11.8 Å². The summed E-state index contributed by atoms with van der Waals surface area (Å²) in [6, 6.07) is 14.5. The Morgan fingerprint density at radius 1 is 1.22 bits per heavy atom. The van der Waals surface area contributed by atoms with E-state index in [2.05, 4.69) is 10.6 Å². The fourth-order valence-electron chi connectivity index (χ4n) is 2.56. The third kappa shape index (κ3) is 5.10. The van der Waals surface area contributed by atoms with Crippen LogP contribution in [-0.2, 0) is 20.9 Å². The summed E-state index contributed by atoms with van der Waals surface area (Å²) >= 11 is 1.56. The van der Waals surface area contributed by atoms with E-state index in [1.165, 1.54) is 6.92 Å². The summed E-state index contributed by atoms with van der Waals surface area (Å²) in [5.74, 6) is -0.365. The van der Waals surface area contributed by atoms with Crippen molar-refractivity contribution in [3.63, 3.8) is 0 Å². The van der Waals surface area contributed by atoms with Gasteiger partial charge in [-0.3, -0.25) is 9.59 Å². The number of fused-ring (bicyclic) bond motifs is 1. The zero-order valence-electron chi connectivity index (χ0n) is 14.9. The van der Waals surface area contributed by atoms with Crippen LogP contribution in [0.4, 0.5) is 5.69 Å². The lowest BCUT2D eigenvalue weighted by atomic mass is 10.2. The first-order valence-electron chi connectivity index (χ1n) is 8.62. The maximum Gasteiger partial charge on any atom is 0.338 e. The van der Waals surface area contributed by atoms with Crippen LogP contribution in [0, 0.1) is 0 Å². The molecular weight excluding hydrogens is 364 g/mol. The lowest BCUT2D eigenvalue weighted by Crippen LogP contribution is -2.35. The van der Waals surface area contributed by atoms with Gasteiger partial charge in [-0.15, -0.1) is 11.8 Å². The number of nitrogens with one attached hydrogen (secondary N) is 2. The van der Waals surface area contributed by atoms with Crippen molar-refractivity contribution in [1.29, 1.82) is 0 Å². The minimum Gasteiger partial charge on any atom is -0.449 e. The Morgan fingerprint density at radius 2 is 2.00 bits per heavy atom. The van der Waals surface area contributed by atoms with Gasteiger partial charge in [-0.25, -0.2) is 4.79 Å². The minimum atomic E-state index is -0.927. The number of rotatable bonds is 5. The lowest BCUT2D eigenvalue weighted by molar-refractivity contribution is -0.129. The molecule has 0 unspecified atom stereocenters. The topological polar surface area (TPSA) is 84.5 Å². The Kier molecular flexibility index (Phi) is 6.13. The molecule has 0 saturated heterocycles. The first-order valence-corrected chi connectivity index (χ1v) is 9.61. The Morgan fingerprint density at radius 3 is 2.78 bits per heavy atom. The van der Waals surface area contributed by atoms with Gasteiger partial charge in [0.2, 0.25) is 5.91 Å². The smallest absolute Gasteiger partial charge is 0.338 e. The van der Waals surface area contributed by atoms with Gasteiger partial charge < -0.3 is 15.4 Å². The second-order valence-corrected chi connectivity index (χ2v) is 7.25. The maximum atomic E-state index is 12.4. The summed E-state index contributed by atoms with van der Waals surface area (Å²) in [5, 5.41) is 5.53. The number of benzene rings is 2. The van der Waals surface area contributed by atoms with Crippen LogP contribution < -0.4 is 10.6 Å². The van der Waals surface area contributed by atoms with Crippen molar-refractivity contribution in [3.05, 3.63) is 59.7 Å². The number of anilines is 1. The molecule has 2 amide bonds. The van der Waals surface area contributed by atoms with Crippen molar-refractivity contribution in [2.45, 2.75) is 30.9 Å². The van der Waals surface area contributed by atoms with Crippen molar-refractivity contribution in [1.82, 2.24) is 5.32 Å². The SMILES string of the molecule is C[C@H](OC(=O)c1ccc2c(c1)NC(=O)CCS2)C(=O)NCc1ccccc1. The van der Waals surface area contributed by atoms with Crippen LogP contribution in [0.5, 0.6) is 0 Å². The summed E-state index contributed by atoms with van der Waals surface area (Å²) in [5.41, 5.74) is 1.85. The molecule has 3 rings (SSSR count). The van der Waals surface area contributed by atoms with Crippen LogP contribution in [-0.4, -0.2) is 29.6 Å². The second kappa shape index (κ2) is 8.73. The molecular formula is C20H20N2O4S. The monoisotopic (exact) mass is 384 g/mol. The van der Waals surface area contributed by atoms with Crippen LogP contribution in [0.1, 0.15) is 29.3 Å². The molecule has 2 N–H and O–H groups in total. The largest absolute Gasteiger partial charge is 0.449 e. The molecule has 1 aliphatic rings. The van der Waals surface area contributed by atoms with Gasteiger partial charge in [-0.2, -0.15) is 0 Å². The first-order chi connectivity index (χ1) is 13.0. The van der Waals surface area contributed by atoms with Crippen molar-refractivity contribution in [2.75, 3.05) is 11.1 Å². The molecule has 2 aromatic rings. The van der Waals surface area contributed by atoms with Gasteiger partial charge in [-0.1, -0.05) is 30.3 Å². The predicted molar refractivity (Wildman–Crippen MR) is 104 cm³/mol. The molecule has 0 saturated carbocycles. The molecule has 0 bridgehead atoms. The molecule has 0 aliphatic carbocycles. The average molecular weight is 384 g/mol. The molecule has 0 aromatic heterocycles. The third-order valence-electron chi connectivity index (χ3n) is 4.04. The minimum absolute atomic E-state index is 0.0829. The number of amides is 2. The van der Waals surface area contributed by atoms with Gasteiger partial charge in [0.25, 0.3) is 5.91 Å². The van der Waals surface area contributed by atoms with E-state index in [4.69, 9.17) is 4.74 Å². The van der Waals surface area contributed by atoms with Gasteiger partial charge in [-0.05, 0) is 30.7 Å². The van der Waals surface area contributed by atoms with Crippen molar-refractivity contribution in [3.8, 4) is 0 Å². The number of ether oxygens (including phenoxy) is 1. The van der Waals surface area contributed by atoms with E-state index in [9.17, 15) is 14.4 Å². The highest BCUT2D eigenvalue weighted by Gasteiger charge is 2.21. The number of thioether (sulfide) groups is 1. The number of hydrogen-bond acceptors (Lipinski definition) is 5. The molecule has 7 heteroatoms. The molecule has 0 fully saturated rings. The van der Waals surface area contributed by atoms with Crippen LogP contribution in [0.3, 0.4) is 0 Å². The maximum absolute atomic E-state index is 12.4. The molecule has 0 radical (unpaired) electrons. The van der Waals surface area contributed by atoms with Gasteiger partial charge in [0.1, 0.15) is 0 Å². The predicted octanol–water partition coefficient (Wildman–Crippen LogP) is 2.98. The quantitative estimate of drug-likeness (QED) is 0.774. The molecule has 1 atom stereocenters. The van der Waals surface area contributed by atoms with E-state index in [0.717, 1.165) is 10.5 Å². The van der Waals surface area contributed by atoms with Crippen molar-refractivity contribution < 1.29 is 19.1 Å². The summed E-state index contributed by atoms with van der Waals surface area (Å²) < 4.78 is 5.27. The summed E-state index contributed by atoms with van der Waals surface area (Å²) in [4.78, 5) is 37.1. The van der Waals surface area contributed by atoms with E-state index in [0.29, 0.717) is 30.0 Å². The van der Waals surface area contributed by atoms with Gasteiger partial charge in [0.05, 0.1) is 11.3 Å². The summed E-state index contributed by atoms with van der Waals surface area (Å²) in [6.45, 7) is 1.89. The third-order valence-corrected chi connectivity index (χ3v) is 5.11. The highest BCUT2D eigenvalue weighted by atomic mass is 32.2. The van der Waals surface area contributed by atoms with Gasteiger partial charge in [0, 0.05) is 23.6 Å². The molecule has 0 spiro atoms. The van der Waals surface area contributed by atoms with Crippen LogP contribution in [0.25, 0.3) is 0 Å². The summed E-state index contributed by atoms with van der Waals surface area (Å²) in [7, 11) is 0. The van der Waals surface area contributed by atoms with Crippen LogP contribution in [0.15, 0.2) is 53.4 Å².